The third-order valence-electron chi connectivity index (χ3n) is 4.48. The van der Waals surface area contributed by atoms with Gasteiger partial charge < -0.3 is 9.64 Å². The van der Waals surface area contributed by atoms with Gasteiger partial charge in [0.1, 0.15) is 5.75 Å². The van der Waals surface area contributed by atoms with Gasteiger partial charge in [0, 0.05) is 18.8 Å². The van der Waals surface area contributed by atoms with Crippen molar-refractivity contribution in [3.05, 3.63) is 54.1 Å². The fourth-order valence-corrected chi connectivity index (χ4v) is 4.07. The number of carbonyl (C=O) groups excluding carboxylic acids is 1. The number of nitrogens with one attached hydrogen (secondary N) is 1. The number of ether oxygens (including phenoxy) is 1. The maximum Gasteiger partial charge on any atom is 0.261 e. The van der Waals surface area contributed by atoms with Gasteiger partial charge in [0.15, 0.2) is 6.61 Å². The van der Waals surface area contributed by atoms with Gasteiger partial charge in [-0.15, -0.1) is 0 Å². The molecule has 0 bridgehead atoms. The van der Waals surface area contributed by atoms with Crippen LogP contribution in [-0.4, -0.2) is 38.9 Å². The van der Waals surface area contributed by atoms with Crippen LogP contribution in [0.5, 0.6) is 5.75 Å². The van der Waals surface area contributed by atoms with Gasteiger partial charge in [-0.05, 0) is 68.1 Å². The summed E-state index contributed by atoms with van der Waals surface area (Å²) in [6, 6.07) is 13.2. The van der Waals surface area contributed by atoms with Crippen molar-refractivity contribution in [2.75, 3.05) is 24.4 Å². The molecule has 1 amide bonds. The summed E-state index contributed by atoms with van der Waals surface area (Å²) in [4.78, 5) is 14.1. The monoisotopic (exact) mass is 388 g/mol. The zero-order valence-corrected chi connectivity index (χ0v) is 16.2. The number of likely N-dealkylation sites (tertiary alicyclic amines) is 1. The number of sulfonamides is 1. The Bertz CT molecular complexity index is 888. The molecule has 0 unspecified atom stereocenters. The Hall–Kier alpha value is -2.54. The predicted octanol–water partition coefficient (Wildman–Crippen LogP) is 3.19. The van der Waals surface area contributed by atoms with Gasteiger partial charge in [-0.2, -0.15) is 0 Å². The molecular formula is C20H24N2O4S. The van der Waals surface area contributed by atoms with Crippen LogP contribution in [0.1, 0.15) is 24.8 Å². The minimum atomic E-state index is -3.68. The number of piperidine rings is 1. The standard InChI is InChI=1S/C20H24N2O4S/c1-16-6-5-7-17(14-16)21-27(24,25)19-10-8-18(9-11-19)26-15-20(23)22-12-3-2-4-13-22/h5-11,14,21H,2-4,12-13,15H2,1H3. The molecular weight excluding hydrogens is 364 g/mol. The number of anilines is 1. The Morgan fingerprint density at radius 1 is 1.07 bits per heavy atom. The Morgan fingerprint density at radius 3 is 2.44 bits per heavy atom. The molecule has 0 spiro atoms. The highest BCUT2D eigenvalue weighted by molar-refractivity contribution is 7.92. The number of aryl methyl sites for hydroxylation is 1. The lowest BCUT2D eigenvalue weighted by Gasteiger charge is -2.26. The number of hydrogen-bond acceptors (Lipinski definition) is 4. The molecule has 144 valence electrons. The number of rotatable bonds is 6. The summed E-state index contributed by atoms with van der Waals surface area (Å²) >= 11 is 0. The third-order valence-corrected chi connectivity index (χ3v) is 5.87. The van der Waals surface area contributed by atoms with Gasteiger partial charge >= 0.3 is 0 Å². The van der Waals surface area contributed by atoms with Crippen molar-refractivity contribution < 1.29 is 17.9 Å². The maximum atomic E-state index is 12.5. The van der Waals surface area contributed by atoms with Crippen molar-refractivity contribution >= 4 is 21.6 Å². The van der Waals surface area contributed by atoms with Gasteiger partial charge in [-0.1, -0.05) is 12.1 Å². The lowest BCUT2D eigenvalue weighted by atomic mass is 10.1. The highest BCUT2D eigenvalue weighted by atomic mass is 32.2. The highest BCUT2D eigenvalue weighted by Crippen LogP contribution is 2.20. The molecule has 6 nitrogen and oxygen atoms in total. The molecule has 7 heteroatoms. The number of benzene rings is 2. The predicted molar refractivity (Wildman–Crippen MR) is 104 cm³/mol. The molecule has 1 fully saturated rings. The Morgan fingerprint density at radius 2 is 1.78 bits per heavy atom. The van der Waals surface area contributed by atoms with Crippen LogP contribution < -0.4 is 9.46 Å². The quantitative estimate of drug-likeness (QED) is 0.825. The second-order valence-corrected chi connectivity index (χ2v) is 8.36. The first-order valence-electron chi connectivity index (χ1n) is 9.04. The van der Waals surface area contributed by atoms with Crippen LogP contribution >= 0.6 is 0 Å². The summed E-state index contributed by atoms with van der Waals surface area (Å²) in [6.45, 7) is 3.43. The first-order chi connectivity index (χ1) is 12.9. The molecule has 27 heavy (non-hydrogen) atoms. The molecule has 1 saturated heterocycles. The number of nitrogens with zero attached hydrogens (tertiary/aromatic N) is 1. The largest absolute Gasteiger partial charge is 0.484 e. The number of carbonyl (C=O) groups is 1. The second kappa shape index (κ2) is 8.43. The van der Waals surface area contributed by atoms with E-state index in [0.717, 1.165) is 37.9 Å². The van der Waals surface area contributed by atoms with Crippen molar-refractivity contribution in [3.8, 4) is 5.75 Å². The Labute approximate surface area is 160 Å². The molecule has 1 aliphatic heterocycles. The van der Waals surface area contributed by atoms with Crippen LogP contribution in [0.4, 0.5) is 5.69 Å². The zero-order valence-electron chi connectivity index (χ0n) is 15.3. The topological polar surface area (TPSA) is 75.7 Å². The molecule has 1 aliphatic rings. The Balaban J connectivity index is 1.59. The lowest BCUT2D eigenvalue weighted by Crippen LogP contribution is -2.38. The van der Waals surface area contributed by atoms with E-state index in [1.807, 2.05) is 17.9 Å². The maximum absolute atomic E-state index is 12.5. The van der Waals surface area contributed by atoms with Crippen molar-refractivity contribution in [3.63, 3.8) is 0 Å². The smallest absolute Gasteiger partial charge is 0.261 e. The van der Waals surface area contributed by atoms with E-state index in [4.69, 9.17) is 4.74 Å². The summed E-state index contributed by atoms with van der Waals surface area (Å²) in [5, 5.41) is 0. The van der Waals surface area contributed by atoms with Crippen molar-refractivity contribution in [2.45, 2.75) is 31.1 Å². The summed E-state index contributed by atoms with van der Waals surface area (Å²) in [6.07, 6.45) is 3.23. The van der Waals surface area contributed by atoms with E-state index < -0.39 is 10.0 Å². The molecule has 0 radical (unpaired) electrons. The summed E-state index contributed by atoms with van der Waals surface area (Å²) in [5.41, 5.74) is 1.49. The van der Waals surface area contributed by atoms with E-state index in [0.29, 0.717) is 11.4 Å². The fourth-order valence-electron chi connectivity index (χ4n) is 3.02. The van der Waals surface area contributed by atoms with Gasteiger partial charge in [-0.25, -0.2) is 8.42 Å². The van der Waals surface area contributed by atoms with Crippen LogP contribution in [0.15, 0.2) is 53.4 Å². The molecule has 3 rings (SSSR count). The van der Waals surface area contributed by atoms with E-state index in [2.05, 4.69) is 4.72 Å². The number of amides is 1. The van der Waals surface area contributed by atoms with Crippen molar-refractivity contribution in [1.29, 1.82) is 0 Å². The average molecular weight is 388 g/mol. The third kappa shape index (κ3) is 5.23. The van der Waals surface area contributed by atoms with Crippen LogP contribution in [0.2, 0.25) is 0 Å². The van der Waals surface area contributed by atoms with E-state index >= 15 is 0 Å². The first-order valence-corrected chi connectivity index (χ1v) is 10.5. The van der Waals surface area contributed by atoms with Crippen LogP contribution in [0.25, 0.3) is 0 Å². The van der Waals surface area contributed by atoms with Gasteiger partial charge in [0.25, 0.3) is 15.9 Å². The minimum absolute atomic E-state index is 0.0341. The molecule has 1 heterocycles. The van der Waals surface area contributed by atoms with Gasteiger partial charge in [0.2, 0.25) is 0 Å². The van der Waals surface area contributed by atoms with Gasteiger partial charge in [0.05, 0.1) is 4.90 Å². The second-order valence-electron chi connectivity index (χ2n) is 6.68. The number of hydrogen-bond donors (Lipinski definition) is 1. The summed E-state index contributed by atoms with van der Waals surface area (Å²) in [7, 11) is -3.68. The summed E-state index contributed by atoms with van der Waals surface area (Å²) < 4.78 is 33.0. The van der Waals surface area contributed by atoms with Crippen LogP contribution in [0, 0.1) is 6.92 Å². The highest BCUT2D eigenvalue weighted by Gasteiger charge is 2.17. The molecule has 2 aromatic rings. The SMILES string of the molecule is Cc1cccc(NS(=O)(=O)c2ccc(OCC(=O)N3CCCCC3)cc2)c1. The fraction of sp³-hybridized carbons (Fsp3) is 0.350. The van der Waals surface area contributed by atoms with Crippen molar-refractivity contribution in [2.24, 2.45) is 0 Å². The molecule has 2 aromatic carbocycles. The summed E-state index contributed by atoms with van der Waals surface area (Å²) in [5.74, 6) is 0.433. The van der Waals surface area contributed by atoms with Crippen LogP contribution in [0.3, 0.4) is 0 Å². The molecule has 0 aromatic heterocycles. The molecule has 0 saturated carbocycles. The van der Waals surface area contributed by atoms with Crippen LogP contribution in [-0.2, 0) is 14.8 Å². The normalized spacial score (nSPS) is 14.6. The van der Waals surface area contributed by atoms with Gasteiger partial charge in [-0.3, -0.25) is 9.52 Å². The Kier molecular flexibility index (Phi) is 6.01. The molecule has 0 atom stereocenters. The van der Waals surface area contributed by atoms with E-state index in [9.17, 15) is 13.2 Å². The lowest BCUT2D eigenvalue weighted by molar-refractivity contribution is -0.134. The average Bonchev–Trinajstić information content (AvgIpc) is 2.67. The molecule has 0 aliphatic carbocycles. The minimum Gasteiger partial charge on any atom is -0.484 e. The zero-order chi connectivity index (χ0) is 19.3. The van der Waals surface area contributed by atoms with E-state index in [-0.39, 0.29) is 17.4 Å². The van der Waals surface area contributed by atoms with Crippen molar-refractivity contribution in [1.82, 2.24) is 4.90 Å². The van der Waals surface area contributed by atoms with E-state index in [1.54, 1.807) is 30.3 Å². The van der Waals surface area contributed by atoms with E-state index in [1.165, 1.54) is 12.1 Å². The first kappa shape index (κ1) is 19.2. The molecule has 1 N–H and O–H groups in total.